The number of halogens is 1. The Balaban J connectivity index is 1.67. The fraction of sp³-hybridized carbons (Fsp3) is 0.118. The molecule has 1 heterocycles. The maximum Gasteiger partial charge on any atom is 0.257 e. The average molecular weight is 311 g/mol. The molecule has 0 radical (unpaired) electrons. The molecular weight excluding hydrogens is 297 g/mol. The first-order chi connectivity index (χ1) is 11.1. The van der Waals surface area contributed by atoms with E-state index in [1.165, 1.54) is 12.1 Å². The Labute approximate surface area is 132 Å². The predicted octanol–water partition coefficient (Wildman–Crippen LogP) is 3.11. The molecule has 116 valence electrons. The van der Waals surface area contributed by atoms with E-state index >= 15 is 0 Å². The van der Waals surface area contributed by atoms with Crippen LogP contribution in [0, 0.1) is 12.7 Å². The number of aryl methyl sites for hydroxylation is 1. The highest BCUT2D eigenvalue weighted by molar-refractivity contribution is 5.95. The molecule has 3 aromatic rings. The van der Waals surface area contributed by atoms with Crippen molar-refractivity contribution in [1.82, 2.24) is 15.5 Å². The molecule has 2 aromatic carbocycles. The third-order valence-corrected chi connectivity index (χ3v) is 3.36. The molecule has 0 atom stereocenters. The van der Waals surface area contributed by atoms with Crippen molar-refractivity contribution in [3.8, 4) is 11.5 Å². The lowest BCUT2D eigenvalue weighted by molar-refractivity contribution is 0.0949. The zero-order chi connectivity index (χ0) is 16.2. The topological polar surface area (TPSA) is 68.0 Å². The lowest BCUT2D eigenvalue weighted by Gasteiger charge is -2.05. The van der Waals surface area contributed by atoms with Crippen LogP contribution in [0.4, 0.5) is 4.39 Å². The fourth-order valence-corrected chi connectivity index (χ4v) is 2.12. The summed E-state index contributed by atoms with van der Waals surface area (Å²) in [6.45, 7) is 2.02. The van der Waals surface area contributed by atoms with Crippen LogP contribution in [0.2, 0.25) is 0 Å². The largest absolute Gasteiger partial charge is 0.345 e. The van der Waals surface area contributed by atoms with Crippen LogP contribution in [0.1, 0.15) is 21.7 Å². The molecule has 0 aliphatic heterocycles. The Bertz CT molecular complexity index is 828. The number of hydrogen-bond acceptors (Lipinski definition) is 4. The molecule has 0 aliphatic rings. The molecule has 0 saturated heterocycles. The van der Waals surface area contributed by atoms with Gasteiger partial charge in [0.25, 0.3) is 11.8 Å². The van der Waals surface area contributed by atoms with E-state index in [0.29, 0.717) is 17.0 Å². The first-order valence-electron chi connectivity index (χ1n) is 7.06. The highest BCUT2D eigenvalue weighted by Crippen LogP contribution is 2.17. The quantitative estimate of drug-likeness (QED) is 0.804. The van der Waals surface area contributed by atoms with Gasteiger partial charge in [0.05, 0.1) is 6.54 Å². The van der Waals surface area contributed by atoms with Crippen molar-refractivity contribution < 1.29 is 13.7 Å². The van der Waals surface area contributed by atoms with E-state index in [4.69, 9.17) is 4.52 Å². The molecule has 0 bridgehead atoms. The molecule has 0 unspecified atom stereocenters. The molecule has 1 N–H and O–H groups in total. The second-order valence-electron chi connectivity index (χ2n) is 5.02. The van der Waals surface area contributed by atoms with Gasteiger partial charge in [-0.15, -0.1) is 0 Å². The van der Waals surface area contributed by atoms with E-state index in [9.17, 15) is 9.18 Å². The molecular formula is C17H14FN3O2. The smallest absolute Gasteiger partial charge is 0.257 e. The molecule has 0 fully saturated rings. The molecule has 23 heavy (non-hydrogen) atoms. The number of hydrogen-bond donors (Lipinski definition) is 1. The maximum absolute atomic E-state index is 12.9. The van der Waals surface area contributed by atoms with Gasteiger partial charge in [-0.05, 0) is 42.8 Å². The Morgan fingerprint density at radius 2 is 1.91 bits per heavy atom. The van der Waals surface area contributed by atoms with Crippen molar-refractivity contribution in [1.29, 1.82) is 0 Å². The monoisotopic (exact) mass is 311 g/mol. The van der Waals surface area contributed by atoms with Crippen LogP contribution < -0.4 is 5.32 Å². The zero-order valence-corrected chi connectivity index (χ0v) is 12.4. The van der Waals surface area contributed by atoms with Gasteiger partial charge in [-0.1, -0.05) is 23.4 Å². The molecule has 0 saturated carbocycles. The summed E-state index contributed by atoms with van der Waals surface area (Å²) < 4.78 is 18.0. The van der Waals surface area contributed by atoms with Crippen LogP contribution in [0.3, 0.4) is 0 Å². The van der Waals surface area contributed by atoms with Gasteiger partial charge in [-0.2, -0.15) is 4.98 Å². The van der Waals surface area contributed by atoms with Crippen molar-refractivity contribution in [2.24, 2.45) is 0 Å². The molecule has 1 amide bonds. The number of nitrogens with one attached hydrogen (secondary N) is 1. The summed E-state index contributed by atoms with van der Waals surface area (Å²) in [6.07, 6.45) is 0. The molecule has 5 nitrogen and oxygen atoms in total. The number of benzene rings is 2. The summed E-state index contributed by atoms with van der Waals surface area (Å²) in [7, 11) is 0. The van der Waals surface area contributed by atoms with Gasteiger partial charge < -0.3 is 9.84 Å². The Kier molecular flexibility index (Phi) is 4.14. The molecule has 0 aliphatic carbocycles. The number of amides is 1. The minimum absolute atomic E-state index is 0.151. The molecule has 0 spiro atoms. The average Bonchev–Trinajstić information content (AvgIpc) is 3.03. The molecule has 6 heteroatoms. The van der Waals surface area contributed by atoms with Crippen molar-refractivity contribution in [2.75, 3.05) is 0 Å². The number of rotatable bonds is 4. The highest BCUT2D eigenvalue weighted by atomic mass is 19.1. The van der Waals surface area contributed by atoms with Gasteiger partial charge >= 0.3 is 0 Å². The lowest BCUT2D eigenvalue weighted by atomic mass is 10.1. The van der Waals surface area contributed by atoms with Crippen LogP contribution in [0.25, 0.3) is 11.5 Å². The first-order valence-corrected chi connectivity index (χ1v) is 7.06. The summed E-state index contributed by atoms with van der Waals surface area (Å²) in [5, 5.41) is 6.55. The minimum atomic E-state index is -0.334. The Morgan fingerprint density at radius 3 is 2.65 bits per heavy atom. The van der Waals surface area contributed by atoms with Gasteiger partial charge in [0.15, 0.2) is 5.82 Å². The maximum atomic E-state index is 12.9. The second-order valence-corrected chi connectivity index (χ2v) is 5.02. The van der Waals surface area contributed by atoms with Crippen LogP contribution in [-0.4, -0.2) is 16.0 Å². The number of carbonyl (C=O) groups excluding carboxylic acids is 1. The van der Waals surface area contributed by atoms with E-state index in [1.807, 2.05) is 25.1 Å². The Morgan fingerprint density at radius 1 is 1.17 bits per heavy atom. The predicted molar refractivity (Wildman–Crippen MR) is 82.0 cm³/mol. The Hall–Kier alpha value is -3.02. The first kappa shape index (κ1) is 14.9. The van der Waals surface area contributed by atoms with Crippen LogP contribution >= 0.6 is 0 Å². The number of aromatic nitrogens is 2. The third kappa shape index (κ3) is 3.42. The van der Waals surface area contributed by atoms with Crippen molar-refractivity contribution in [3.63, 3.8) is 0 Å². The van der Waals surface area contributed by atoms with Gasteiger partial charge in [0.2, 0.25) is 0 Å². The SMILES string of the molecule is Cc1ccccc1C(=O)NCc1noc(-c2ccc(F)cc2)n1. The van der Waals surface area contributed by atoms with E-state index in [-0.39, 0.29) is 24.2 Å². The number of carbonyl (C=O) groups is 1. The fourth-order valence-electron chi connectivity index (χ4n) is 2.12. The van der Waals surface area contributed by atoms with Gasteiger partial charge in [-0.25, -0.2) is 4.39 Å². The van der Waals surface area contributed by atoms with E-state index in [1.54, 1.807) is 18.2 Å². The standard InChI is InChI=1S/C17H14FN3O2/c1-11-4-2-3-5-14(11)16(22)19-10-15-20-17(23-21-15)12-6-8-13(18)9-7-12/h2-9H,10H2,1H3,(H,19,22). The van der Waals surface area contributed by atoms with Crippen LogP contribution in [-0.2, 0) is 6.54 Å². The summed E-state index contributed by atoms with van der Waals surface area (Å²) in [6, 6.07) is 13.1. The van der Waals surface area contributed by atoms with E-state index in [0.717, 1.165) is 5.56 Å². The third-order valence-electron chi connectivity index (χ3n) is 3.36. The normalized spacial score (nSPS) is 10.5. The van der Waals surface area contributed by atoms with Crippen LogP contribution in [0.5, 0.6) is 0 Å². The molecule has 1 aromatic heterocycles. The van der Waals surface area contributed by atoms with E-state index < -0.39 is 0 Å². The van der Waals surface area contributed by atoms with E-state index in [2.05, 4.69) is 15.5 Å². The second kappa shape index (κ2) is 6.39. The summed E-state index contributed by atoms with van der Waals surface area (Å²) >= 11 is 0. The summed E-state index contributed by atoms with van der Waals surface area (Å²) in [5.41, 5.74) is 2.12. The van der Waals surface area contributed by atoms with Crippen molar-refractivity contribution in [3.05, 3.63) is 71.3 Å². The zero-order valence-electron chi connectivity index (χ0n) is 12.4. The van der Waals surface area contributed by atoms with Crippen molar-refractivity contribution in [2.45, 2.75) is 13.5 Å². The summed E-state index contributed by atoms with van der Waals surface area (Å²) in [4.78, 5) is 16.3. The van der Waals surface area contributed by atoms with Crippen molar-refractivity contribution >= 4 is 5.91 Å². The minimum Gasteiger partial charge on any atom is -0.345 e. The molecule has 3 rings (SSSR count). The lowest BCUT2D eigenvalue weighted by Crippen LogP contribution is -2.24. The number of nitrogens with zero attached hydrogens (tertiary/aromatic N) is 2. The van der Waals surface area contributed by atoms with Gasteiger partial charge in [-0.3, -0.25) is 4.79 Å². The van der Waals surface area contributed by atoms with Gasteiger partial charge in [0, 0.05) is 11.1 Å². The van der Waals surface area contributed by atoms with Gasteiger partial charge in [0.1, 0.15) is 5.82 Å². The summed E-state index contributed by atoms with van der Waals surface area (Å²) in [5.74, 6) is 0.103. The van der Waals surface area contributed by atoms with Crippen LogP contribution in [0.15, 0.2) is 53.1 Å². The highest BCUT2D eigenvalue weighted by Gasteiger charge is 2.12.